The molecule has 6 heteroatoms. The fraction of sp³-hybridized carbons (Fsp3) is 0.278. The zero-order valence-corrected chi connectivity index (χ0v) is 14.2. The molecular formula is C18H19NO4S. The fourth-order valence-electron chi connectivity index (χ4n) is 2.26. The molecule has 0 radical (unpaired) electrons. The maximum Gasteiger partial charge on any atom is 0.234 e. The van der Waals surface area contributed by atoms with Crippen molar-refractivity contribution in [3.8, 4) is 17.2 Å². The summed E-state index contributed by atoms with van der Waals surface area (Å²) in [6, 6.07) is 13.1. The second-order valence-corrected chi connectivity index (χ2v) is 6.15. The summed E-state index contributed by atoms with van der Waals surface area (Å²) >= 11 is 1.46. The van der Waals surface area contributed by atoms with Crippen LogP contribution in [-0.4, -0.2) is 31.5 Å². The van der Waals surface area contributed by atoms with Gasteiger partial charge in [0.25, 0.3) is 0 Å². The van der Waals surface area contributed by atoms with Gasteiger partial charge >= 0.3 is 0 Å². The van der Waals surface area contributed by atoms with Crippen LogP contribution in [0, 0.1) is 0 Å². The Labute approximate surface area is 145 Å². The summed E-state index contributed by atoms with van der Waals surface area (Å²) in [6.07, 6.45) is 0. The van der Waals surface area contributed by atoms with E-state index >= 15 is 0 Å². The number of hydrogen-bond acceptors (Lipinski definition) is 5. The van der Waals surface area contributed by atoms with E-state index in [1.165, 1.54) is 11.8 Å². The zero-order valence-electron chi connectivity index (χ0n) is 13.4. The van der Waals surface area contributed by atoms with Crippen LogP contribution in [0.25, 0.3) is 0 Å². The number of fused-ring (bicyclic) bond motifs is 1. The predicted octanol–water partition coefficient (Wildman–Crippen LogP) is 3.59. The van der Waals surface area contributed by atoms with E-state index in [0.29, 0.717) is 25.6 Å². The highest BCUT2D eigenvalue weighted by atomic mass is 32.2. The minimum absolute atomic E-state index is 0.0564. The molecule has 0 aliphatic carbocycles. The molecule has 0 saturated heterocycles. The summed E-state index contributed by atoms with van der Waals surface area (Å²) in [4.78, 5) is 13.0. The van der Waals surface area contributed by atoms with Crippen molar-refractivity contribution < 1.29 is 19.0 Å². The molecule has 1 heterocycles. The topological polar surface area (TPSA) is 56.8 Å². The van der Waals surface area contributed by atoms with Gasteiger partial charge in [-0.05, 0) is 49.4 Å². The van der Waals surface area contributed by atoms with E-state index in [1.807, 2.05) is 49.4 Å². The Kier molecular flexibility index (Phi) is 5.48. The molecule has 1 aliphatic heterocycles. The molecule has 0 spiro atoms. The van der Waals surface area contributed by atoms with Crippen molar-refractivity contribution in [2.24, 2.45) is 0 Å². The van der Waals surface area contributed by atoms with Crippen molar-refractivity contribution in [1.29, 1.82) is 0 Å². The van der Waals surface area contributed by atoms with E-state index in [0.717, 1.165) is 27.8 Å². The molecule has 1 amide bonds. The summed E-state index contributed by atoms with van der Waals surface area (Å²) in [5.74, 6) is 2.55. The normalized spacial score (nSPS) is 12.5. The molecule has 1 aliphatic rings. The number of hydrogen-bond donors (Lipinski definition) is 1. The Balaban J connectivity index is 1.52. The van der Waals surface area contributed by atoms with Crippen LogP contribution >= 0.6 is 11.8 Å². The molecule has 2 aromatic rings. The average Bonchev–Trinajstić information content (AvgIpc) is 2.62. The number of anilines is 1. The van der Waals surface area contributed by atoms with E-state index in [4.69, 9.17) is 14.2 Å². The maximum absolute atomic E-state index is 12.1. The number of nitrogens with one attached hydrogen (secondary N) is 1. The predicted molar refractivity (Wildman–Crippen MR) is 94.4 cm³/mol. The molecule has 0 aromatic heterocycles. The van der Waals surface area contributed by atoms with Crippen LogP contribution in [0.15, 0.2) is 47.4 Å². The summed E-state index contributed by atoms with van der Waals surface area (Å²) in [5, 5.41) is 2.87. The highest BCUT2D eigenvalue weighted by molar-refractivity contribution is 8.00. The van der Waals surface area contributed by atoms with Crippen molar-refractivity contribution in [3.05, 3.63) is 42.5 Å². The monoisotopic (exact) mass is 345 g/mol. The largest absolute Gasteiger partial charge is 0.494 e. The van der Waals surface area contributed by atoms with Crippen LogP contribution in [-0.2, 0) is 4.79 Å². The first kappa shape index (κ1) is 16.5. The molecule has 0 fully saturated rings. The van der Waals surface area contributed by atoms with E-state index in [9.17, 15) is 4.79 Å². The number of carbonyl (C=O) groups excluding carboxylic acids is 1. The van der Waals surface area contributed by atoms with Gasteiger partial charge in [-0.3, -0.25) is 4.79 Å². The molecule has 0 unspecified atom stereocenters. The first-order valence-electron chi connectivity index (χ1n) is 7.80. The number of thioether (sulfide) groups is 1. The summed E-state index contributed by atoms with van der Waals surface area (Å²) in [5.41, 5.74) is 0.756. The Morgan fingerprint density at radius 2 is 1.88 bits per heavy atom. The lowest BCUT2D eigenvalue weighted by molar-refractivity contribution is -0.113. The molecule has 24 heavy (non-hydrogen) atoms. The Bertz CT molecular complexity index is 703. The van der Waals surface area contributed by atoms with Gasteiger partial charge in [0.2, 0.25) is 5.91 Å². The molecule has 126 valence electrons. The lowest BCUT2D eigenvalue weighted by atomic mass is 10.3. The second kappa shape index (κ2) is 7.97. The lowest BCUT2D eigenvalue weighted by Gasteiger charge is -2.18. The Morgan fingerprint density at radius 3 is 2.62 bits per heavy atom. The van der Waals surface area contributed by atoms with Gasteiger partial charge in [0.1, 0.15) is 19.0 Å². The molecular weight excluding hydrogens is 326 g/mol. The molecule has 2 aromatic carbocycles. The zero-order chi connectivity index (χ0) is 16.8. The molecule has 1 N–H and O–H groups in total. The van der Waals surface area contributed by atoms with Gasteiger partial charge < -0.3 is 19.5 Å². The number of carbonyl (C=O) groups is 1. The number of rotatable bonds is 6. The van der Waals surface area contributed by atoms with Gasteiger partial charge in [0.15, 0.2) is 11.5 Å². The third-order valence-corrected chi connectivity index (χ3v) is 4.33. The quantitative estimate of drug-likeness (QED) is 0.811. The first-order valence-corrected chi connectivity index (χ1v) is 8.78. The van der Waals surface area contributed by atoms with E-state index in [2.05, 4.69) is 5.32 Å². The van der Waals surface area contributed by atoms with Crippen LogP contribution in [0.1, 0.15) is 6.92 Å². The van der Waals surface area contributed by atoms with Gasteiger partial charge in [0.05, 0.1) is 12.4 Å². The molecule has 5 nitrogen and oxygen atoms in total. The van der Waals surface area contributed by atoms with Gasteiger partial charge in [-0.2, -0.15) is 0 Å². The van der Waals surface area contributed by atoms with E-state index in [1.54, 1.807) is 0 Å². The standard InChI is InChI=1S/C18H19NO4S/c1-2-21-14-5-3-13(4-6-14)19-18(20)12-24-15-7-8-16-17(11-15)23-10-9-22-16/h3-8,11H,2,9-10,12H2,1H3,(H,19,20). The first-order chi connectivity index (χ1) is 11.7. The van der Waals surface area contributed by atoms with Crippen LogP contribution in [0.3, 0.4) is 0 Å². The number of benzene rings is 2. The van der Waals surface area contributed by atoms with Crippen molar-refractivity contribution >= 4 is 23.4 Å². The number of amides is 1. The van der Waals surface area contributed by atoms with E-state index < -0.39 is 0 Å². The summed E-state index contributed by atoms with van der Waals surface area (Å²) in [6.45, 7) is 3.69. The highest BCUT2D eigenvalue weighted by Gasteiger charge is 2.12. The SMILES string of the molecule is CCOc1ccc(NC(=O)CSc2ccc3c(c2)OCCO3)cc1. The molecule has 0 bridgehead atoms. The van der Waals surface area contributed by atoms with Gasteiger partial charge in [-0.25, -0.2) is 0 Å². The smallest absolute Gasteiger partial charge is 0.234 e. The van der Waals surface area contributed by atoms with E-state index in [-0.39, 0.29) is 5.91 Å². The highest BCUT2D eigenvalue weighted by Crippen LogP contribution is 2.34. The summed E-state index contributed by atoms with van der Waals surface area (Å²) < 4.78 is 16.4. The van der Waals surface area contributed by atoms with Gasteiger partial charge in [0, 0.05) is 10.6 Å². The van der Waals surface area contributed by atoms with Crippen molar-refractivity contribution in [3.63, 3.8) is 0 Å². The average molecular weight is 345 g/mol. The molecule has 0 atom stereocenters. The van der Waals surface area contributed by atoms with Crippen molar-refractivity contribution in [2.75, 3.05) is 30.9 Å². The third-order valence-electron chi connectivity index (χ3n) is 3.33. The van der Waals surface area contributed by atoms with Crippen molar-refractivity contribution in [2.45, 2.75) is 11.8 Å². The van der Waals surface area contributed by atoms with Crippen LogP contribution in [0.2, 0.25) is 0 Å². The minimum Gasteiger partial charge on any atom is -0.494 e. The van der Waals surface area contributed by atoms with Crippen LogP contribution in [0.5, 0.6) is 17.2 Å². The van der Waals surface area contributed by atoms with Crippen molar-refractivity contribution in [1.82, 2.24) is 0 Å². The van der Waals surface area contributed by atoms with Crippen LogP contribution < -0.4 is 19.5 Å². The summed E-state index contributed by atoms with van der Waals surface area (Å²) in [7, 11) is 0. The molecule has 3 rings (SSSR count). The maximum atomic E-state index is 12.1. The number of ether oxygens (including phenoxy) is 3. The Morgan fingerprint density at radius 1 is 1.12 bits per heavy atom. The Hall–Kier alpha value is -2.34. The second-order valence-electron chi connectivity index (χ2n) is 5.10. The molecule has 0 saturated carbocycles. The minimum atomic E-state index is -0.0564. The van der Waals surface area contributed by atoms with Gasteiger partial charge in [-0.1, -0.05) is 0 Å². The van der Waals surface area contributed by atoms with Crippen LogP contribution in [0.4, 0.5) is 5.69 Å². The lowest BCUT2D eigenvalue weighted by Crippen LogP contribution is -2.15. The van der Waals surface area contributed by atoms with Gasteiger partial charge in [-0.15, -0.1) is 11.8 Å². The fourth-order valence-corrected chi connectivity index (χ4v) is 2.99. The third kappa shape index (κ3) is 4.35.